The predicted octanol–water partition coefficient (Wildman–Crippen LogP) is 5.65. The van der Waals surface area contributed by atoms with Gasteiger partial charge in [-0.15, -0.1) is 0 Å². The molecule has 0 aliphatic rings. The lowest BCUT2D eigenvalue weighted by Crippen LogP contribution is -1.93. The number of fused-ring (bicyclic) bond motifs is 1. The molecule has 0 radical (unpaired) electrons. The van der Waals surface area contributed by atoms with Gasteiger partial charge in [0, 0.05) is 5.02 Å². The summed E-state index contributed by atoms with van der Waals surface area (Å²) in [6.07, 6.45) is 0. The van der Waals surface area contributed by atoms with Crippen molar-refractivity contribution < 1.29 is 0 Å². The van der Waals surface area contributed by atoms with Crippen LogP contribution in [0.2, 0.25) is 15.1 Å². The number of H-pyrrole nitrogens is 1. The molecule has 6 heteroatoms. The third kappa shape index (κ3) is 2.28. The van der Waals surface area contributed by atoms with E-state index in [1.165, 1.54) is 0 Å². The van der Waals surface area contributed by atoms with Gasteiger partial charge in [-0.25, -0.2) is 0 Å². The standard InChI is InChI=1S/C13H7Cl3N2S/c14-7-1-4-12-11(5-7)17-13(19)18(12)8-2-3-9(15)10(16)6-8/h1-6H,(H,17,19). The van der Waals surface area contributed by atoms with Crippen molar-refractivity contribution in [1.29, 1.82) is 0 Å². The molecule has 2 nitrogen and oxygen atoms in total. The van der Waals surface area contributed by atoms with Crippen LogP contribution >= 0.6 is 47.0 Å². The summed E-state index contributed by atoms with van der Waals surface area (Å²) in [7, 11) is 0. The summed E-state index contributed by atoms with van der Waals surface area (Å²) < 4.78 is 2.47. The number of nitrogens with one attached hydrogen (secondary N) is 1. The van der Waals surface area contributed by atoms with Gasteiger partial charge in [0.15, 0.2) is 4.77 Å². The second-order valence-electron chi connectivity index (χ2n) is 4.03. The smallest absolute Gasteiger partial charge is 0.182 e. The molecule has 3 rings (SSSR count). The van der Waals surface area contributed by atoms with Gasteiger partial charge in [-0.2, -0.15) is 0 Å². The molecule has 1 N–H and O–H groups in total. The van der Waals surface area contributed by atoms with E-state index in [1.54, 1.807) is 12.1 Å². The average molecular weight is 330 g/mol. The van der Waals surface area contributed by atoms with Gasteiger partial charge < -0.3 is 4.98 Å². The summed E-state index contributed by atoms with van der Waals surface area (Å²) in [5.41, 5.74) is 2.67. The minimum atomic E-state index is 0.490. The number of halogens is 3. The molecule has 0 spiro atoms. The number of aromatic nitrogens is 2. The fourth-order valence-electron chi connectivity index (χ4n) is 1.96. The maximum atomic E-state index is 6.05. The molecule has 3 aromatic rings. The van der Waals surface area contributed by atoms with E-state index in [1.807, 2.05) is 28.8 Å². The molecule has 19 heavy (non-hydrogen) atoms. The molecule has 1 aromatic heterocycles. The normalized spacial score (nSPS) is 11.1. The summed E-state index contributed by atoms with van der Waals surface area (Å²) in [5, 5.41) is 1.66. The number of aromatic amines is 1. The SMILES string of the molecule is S=c1[nH]c2cc(Cl)ccc2n1-c1ccc(Cl)c(Cl)c1. The van der Waals surface area contributed by atoms with E-state index in [0.717, 1.165) is 16.7 Å². The van der Waals surface area contributed by atoms with Crippen molar-refractivity contribution in [2.24, 2.45) is 0 Å². The zero-order valence-corrected chi connectivity index (χ0v) is 12.5. The molecule has 0 saturated carbocycles. The second-order valence-corrected chi connectivity index (χ2v) is 5.66. The van der Waals surface area contributed by atoms with Crippen molar-refractivity contribution in [2.45, 2.75) is 0 Å². The topological polar surface area (TPSA) is 20.7 Å². The largest absolute Gasteiger partial charge is 0.330 e. The van der Waals surface area contributed by atoms with Gasteiger partial charge in [-0.1, -0.05) is 34.8 Å². The Morgan fingerprint density at radius 3 is 2.47 bits per heavy atom. The van der Waals surface area contributed by atoms with Crippen LogP contribution in [0, 0.1) is 4.77 Å². The van der Waals surface area contributed by atoms with E-state index in [0.29, 0.717) is 19.8 Å². The van der Waals surface area contributed by atoms with E-state index < -0.39 is 0 Å². The first-order valence-electron chi connectivity index (χ1n) is 5.42. The van der Waals surface area contributed by atoms with Crippen LogP contribution in [0.4, 0.5) is 0 Å². The van der Waals surface area contributed by atoms with Gasteiger partial charge in [-0.05, 0) is 48.6 Å². The molecule has 96 valence electrons. The van der Waals surface area contributed by atoms with Gasteiger partial charge in [-0.3, -0.25) is 4.57 Å². The van der Waals surface area contributed by atoms with E-state index in [-0.39, 0.29) is 0 Å². The molecule has 0 unspecified atom stereocenters. The van der Waals surface area contributed by atoms with Crippen LogP contribution in [-0.2, 0) is 0 Å². The summed E-state index contributed by atoms with van der Waals surface area (Å²) >= 11 is 23.3. The Balaban J connectivity index is 2.32. The molecule has 0 bridgehead atoms. The Hall–Kier alpha value is -1.000. The Morgan fingerprint density at radius 2 is 1.74 bits per heavy atom. The zero-order valence-electron chi connectivity index (χ0n) is 9.45. The van der Waals surface area contributed by atoms with Crippen LogP contribution in [0.25, 0.3) is 16.7 Å². The minimum Gasteiger partial charge on any atom is -0.330 e. The Bertz CT molecular complexity index is 836. The maximum absolute atomic E-state index is 6.05. The van der Waals surface area contributed by atoms with Gasteiger partial charge in [0.2, 0.25) is 0 Å². The van der Waals surface area contributed by atoms with Gasteiger partial charge in [0.25, 0.3) is 0 Å². The van der Waals surface area contributed by atoms with Crippen LogP contribution in [-0.4, -0.2) is 9.55 Å². The lowest BCUT2D eigenvalue weighted by atomic mass is 10.3. The highest BCUT2D eigenvalue weighted by Gasteiger charge is 2.08. The molecule has 0 saturated heterocycles. The lowest BCUT2D eigenvalue weighted by molar-refractivity contribution is 1.07. The number of hydrogen-bond acceptors (Lipinski definition) is 1. The fraction of sp³-hybridized carbons (Fsp3) is 0. The molecule has 0 aliphatic carbocycles. The Morgan fingerprint density at radius 1 is 0.947 bits per heavy atom. The van der Waals surface area contributed by atoms with Crippen molar-refractivity contribution in [3.05, 3.63) is 56.2 Å². The fourth-order valence-corrected chi connectivity index (χ4v) is 2.74. The molecular weight excluding hydrogens is 323 g/mol. The van der Waals surface area contributed by atoms with E-state index in [9.17, 15) is 0 Å². The Labute approximate surface area is 129 Å². The van der Waals surface area contributed by atoms with Crippen LogP contribution in [0.3, 0.4) is 0 Å². The highest BCUT2D eigenvalue weighted by Crippen LogP contribution is 2.27. The van der Waals surface area contributed by atoms with Gasteiger partial charge in [0.05, 0.1) is 26.8 Å². The minimum absolute atomic E-state index is 0.490. The summed E-state index contributed by atoms with van der Waals surface area (Å²) in [5.74, 6) is 0. The second kappa shape index (κ2) is 4.84. The Kier molecular flexibility index (Phi) is 3.31. The highest BCUT2D eigenvalue weighted by atomic mass is 35.5. The molecule has 0 atom stereocenters. The van der Waals surface area contributed by atoms with Gasteiger partial charge >= 0.3 is 0 Å². The third-order valence-electron chi connectivity index (χ3n) is 2.81. The van der Waals surface area contributed by atoms with Crippen LogP contribution in [0.1, 0.15) is 0 Å². The number of benzene rings is 2. The maximum Gasteiger partial charge on any atom is 0.182 e. The van der Waals surface area contributed by atoms with Crippen molar-refractivity contribution in [3.63, 3.8) is 0 Å². The average Bonchev–Trinajstić information content (AvgIpc) is 2.68. The molecule has 0 aliphatic heterocycles. The first-order valence-corrected chi connectivity index (χ1v) is 6.96. The first-order chi connectivity index (χ1) is 9.06. The van der Waals surface area contributed by atoms with Crippen LogP contribution in [0.15, 0.2) is 36.4 Å². The van der Waals surface area contributed by atoms with E-state index >= 15 is 0 Å². The highest BCUT2D eigenvalue weighted by molar-refractivity contribution is 7.71. The molecule has 0 amide bonds. The summed E-state index contributed by atoms with van der Waals surface area (Å²) in [6.45, 7) is 0. The first kappa shape index (κ1) is 13.0. The van der Waals surface area contributed by atoms with Crippen molar-refractivity contribution in [2.75, 3.05) is 0 Å². The molecule has 2 aromatic carbocycles. The summed E-state index contributed by atoms with van der Waals surface area (Å²) in [4.78, 5) is 3.12. The lowest BCUT2D eigenvalue weighted by Gasteiger charge is -2.06. The number of hydrogen-bond donors (Lipinski definition) is 1. The zero-order chi connectivity index (χ0) is 13.6. The molecule has 0 fully saturated rings. The van der Waals surface area contributed by atoms with E-state index in [2.05, 4.69) is 4.98 Å². The predicted molar refractivity (Wildman–Crippen MR) is 83.5 cm³/mol. The van der Waals surface area contributed by atoms with Crippen molar-refractivity contribution in [1.82, 2.24) is 9.55 Å². The van der Waals surface area contributed by atoms with Crippen LogP contribution in [0.5, 0.6) is 0 Å². The van der Waals surface area contributed by atoms with Gasteiger partial charge in [0.1, 0.15) is 0 Å². The monoisotopic (exact) mass is 328 g/mol. The molecular formula is C13H7Cl3N2S. The van der Waals surface area contributed by atoms with Crippen molar-refractivity contribution in [3.8, 4) is 5.69 Å². The number of imidazole rings is 1. The number of rotatable bonds is 1. The van der Waals surface area contributed by atoms with Crippen LogP contribution < -0.4 is 0 Å². The van der Waals surface area contributed by atoms with E-state index in [4.69, 9.17) is 47.0 Å². The van der Waals surface area contributed by atoms with Crippen molar-refractivity contribution >= 4 is 58.1 Å². The summed E-state index contributed by atoms with van der Waals surface area (Å²) in [6, 6.07) is 11.0. The molecule has 1 heterocycles. The third-order valence-corrected chi connectivity index (χ3v) is 4.06. The quantitative estimate of drug-likeness (QED) is 0.572. The number of nitrogens with zero attached hydrogens (tertiary/aromatic N) is 1.